The number of rotatable bonds is 1. The average molecular weight is 197 g/mol. The molecule has 0 aliphatic carbocycles. The van der Waals surface area contributed by atoms with Gasteiger partial charge in [-0.1, -0.05) is 0 Å². The fraction of sp³-hybridized carbons (Fsp3) is 0.250. The van der Waals surface area contributed by atoms with Crippen LogP contribution in [-0.4, -0.2) is 23.2 Å². The van der Waals surface area contributed by atoms with Crippen LogP contribution in [0.25, 0.3) is 0 Å². The number of hydrogen-bond acceptors (Lipinski definition) is 5. The third-order valence-electron chi connectivity index (χ3n) is 1.84. The van der Waals surface area contributed by atoms with Crippen LogP contribution in [0.5, 0.6) is 17.2 Å². The van der Waals surface area contributed by atoms with Gasteiger partial charge in [0, 0.05) is 6.07 Å². The normalized spacial score (nSPS) is 13.7. The number of phenolic OH excluding ortho intramolecular Hbond substituents is 1. The number of nitro benzene ring substituents is 1. The summed E-state index contributed by atoms with van der Waals surface area (Å²) in [6.45, 7) is 0.735. The Morgan fingerprint density at radius 3 is 2.43 bits per heavy atom. The number of ether oxygens (including phenoxy) is 2. The lowest BCUT2D eigenvalue weighted by molar-refractivity contribution is -0.386. The number of nitrogens with zero attached hydrogens (tertiary/aromatic N) is 1. The molecule has 0 spiro atoms. The number of fused-ring (bicyclic) bond motifs is 1. The van der Waals surface area contributed by atoms with E-state index in [1.807, 2.05) is 0 Å². The Balaban J connectivity index is 2.50. The monoisotopic (exact) mass is 197 g/mol. The highest BCUT2D eigenvalue weighted by molar-refractivity contribution is 5.57. The van der Waals surface area contributed by atoms with Crippen molar-refractivity contribution < 1.29 is 19.5 Å². The standard InChI is InChI=1S/C8H7NO5/c10-6-4-8-7(13-1-2-14-8)3-5(6)9(11)12/h3-4,10H,1-2H2. The van der Waals surface area contributed by atoms with E-state index < -0.39 is 10.7 Å². The van der Waals surface area contributed by atoms with Gasteiger partial charge in [0.1, 0.15) is 13.2 Å². The van der Waals surface area contributed by atoms with Crippen molar-refractivity contribution in [2.45, 2.75) is 0 Å². The van der Waals surface area contributed by atoms with E-state index in [0.717, 1.165) is 6.07 Å². The summed E-state index contributed by atoms with van der Waals surface area (Å²) < 4.78 is 10.3. The van der Waals surface area contributed by atoms with Gasteiger partial charge in [0.05, 0.1) is 11.0 Å². The molecule has 1 N–H and O–H groups in total. The first kappa shape index (κ1) is 8.61. The first-order valence-corrected chi connectivity index (χ1v) is 3.95. The van der Waals surface area contributed by atoms with Crippen LogP contribution < -0.4 is 9.47 Å². The minimum absolute atomic E-state index is 0.292. The van der Waals surface area contributed by atoms with Crippen LogP contribution in [-0.2, 0) is 0 Å². The van der Waals surface area contributed by atoms with Crippen LogP contribution in [0.3, 0.4) is 0 Å². The molecule has 0 atom stereocenters. The quantitative estimate of drug-likeness (QED) is 0.537. The largest absolute Gasteiger partial charge is 0.502 e. The van der Waals surface area contributed by atoms with Crippen LogP contribution in [0.2, 0.25) is 0 Å². The Bertz CT molecular complexity index is 390. The molecule has 0 radical (unpaired) electrons. The van der Waals surface area contributed by atoms with Crippen LogP contribution in [0.15, 0.2) is 12.1 Å². The Labute approximate surface area is 78.8 Å². The van der Waals surface area contributed by atoms with E-state index in [9.17, 15) is 15.2 Å². The van der Waals surface area contributed by atoms with Gasteiger partial charge in [-0.05, 0) is 0 Å². The fourth-order valence-corrected chi connectivity index (χ4v) is 1.21. The lowest BCUT2D eigenvalue weighted by Crippen LogP contribution is -2.15. The van der Waals surface area contributed by atoms with E-state index in [1.165, 1.54) is 6.07 Å². The third kappa shape index (κ3) is 1.30. The molecule has 1 aliphatic heterocycles. The second kappa shape index (κ2) is 3.06. The minimum atomic E-state index is -0.673. The average Bonchev–Trinajstić information content (AvgIpc) is 2.16. The van der Waals surface area contributed by atoms with Crippen molar-refractivity contribution in [1.29, 1.82) is 0 Å². The minimum Gasteiger partial charge on any atom is -0.502 e. The third-order valence-corrected chi connectivity index (χ3v) is 1.84. The van der Waals surface area contributed by atoms with Crippen molar-refractivity contribution >= 4 is 5.69 Å². The van der Waals surface area contributed by atoms with Crippen molar-refractivity contribution in [2.75, 3.05) is 13.2 Å². The van der Waals surface area contributed by atoms with Crippen LogP contribution in [0, 0.1) is 10.1 Å². The molecule has 6 heteroatoms. The van der Waals surface area contributed by atoms with Gasteiger partial charge in [-0.15, -0.1) is 0 Å². The summed E-state index contributed by atoms with van der Waals surface area (Å²) in [6.07, 6.45) is 0. The molecule has 0 fully saturated rings. The second-order valence-corrected chi connectivity index (χ2v) is 2.74. The highest BCUT2D eigenvalue weighted by atomic mass is 16.6. The Hall–Kier alpha value is -1.98. The van der Waals surface area contributed by atoms with Crippen molar-refractivity contribution in [2.24, 2.45) is 0 Å². The Kier molecular flexibility index (Phi) is 1.88. The maximum Gasteiger partial charge on any atom is 0.314 e. The molecule has 0 bridgehead atoms. The number of benzene rings is 1. The lowest BCUT2D eigenvalue weighted by atomic mass is 10.2. The summed E-state index contributed by atoms with van der Waals surface area (Å²) in [5.41, 5.74) is -0.380. The zero-order chi connectivity index (χ0) is 10.1. The van der Waals surface area contributed by atoms with Gasteiger partial charge in [0.2, 0.25) is 0 Å². The zero-order valence-electron chi connectivity index (χ0n) is 7.10. The highest BCUT2D eigenvalue weighted by Crippen LogP contribution is 2.39. The van der Waals surface area contributed by atoms with Gasteiger partial charge >= 0.3 is 5.69 Å². The molecule has 14 heavy (non-hydrogen) atoms. The molecule has 0 aromatic heterocycles. The highest BCUT2D eigenvalue weighted by Gasteiger charge is 2.21. The first-order valence-electron chi connectivity index (χ1n) is 3.95. The van der Waals surface area contributed by atoms with E-state index in [4.69, 9.17) is 9.47 Å². The number of hydrogen-bond donors (Lipinski definition) is 1. The summed E-state index contributed by atoms with van der Waals surface area (Å²) >= 11 is 0. The predicted octanol–water partition coefficient (Wildman–Crippen LogP) is 1.07. The van der Waals surface area contributed by atoms with E-state index in [2.05, 4.69) is 0 Å². The van der Waals surface area contributed by atoms with Crippen LogP contribution >= 0.6 is 0 Å². The number of phenols is 1. The van der Waals surface area contributed by atoms with Crippen LogP contribution in [0.4, 0.5) is 5.69 Å². The van der Waals surface area contributed by atoms with Crippen molar-refractivity contribution in [3.8, 4) is 17.2 Å². The summed E-state index contributed by atoms with van der Waals surface area (Å²) in [5, 5.41) is 19.7. The van der Waals surface area contributed by atoms with Crippen molar-refractivity contribution in [3.63, 3.8) is 0 Å². The smallest absolute Gasteiger partial charge is 0.314 e. The van der Waals surface area contributed by atoms with E-state index >= 15 is 0 Å². The lowest BCUT2D eigenvalue weighted by Gasteiger charge is -2.17. The van der Waals surface area contributed by atoms with Gasteiger partial charge in [-0.3, -0.25) is 10.1 Å². The summed E-state index contributed by atoms with van der Waals surface area (Å²) in [5.74, 6) is 0.208. The van der Waals surface area contributed by atoms with Crippen molar-refractivity contribution in [1.82, 2.24) is 0 Å². The fourth-order valence-electron chi connectivity index (χ4n) is 1.21. The van der Waals surface area contributed by atoms with Gasteiger partial charge < -0.3 is 14.6 Å². The Morgan fingerprint density at radius 1 is 1.29 bits per heavy atom. The molecule has 0 saturated heterocycles. The maximum absolute atomic E-state index is 10.5. The van der Waals surface area contributed by atoms with Gasteiger partial charge in [-0.2, -0.15) is 0 Å². The Morgan fingerprint density at radius 2 is 1.86 bits per heavy atom. The molecule has 0 unspecified atom stereocenters. The van der Waals surface area contributed by atoms with Crippen molar-refractivity contribution in [3.05, 3.63) is 22.2 Å². The second-order valence-electron chi connectivity index (χ2n) is 2.74. The SMILES string of the molecule is O=[N+]([O-])c1cc2c(cc1O)OCCO2. The molecule has 1 heterocycles. The topological polar surface area (TPSA) is 81.8 Å². The van der Waals surface area contributed by atoms with E-state index in [-0.39, 0.29) is 5.69 Å². The van der Waals surface area contributed by atoms with Gasteiger partial charge in [0.15, 0.2) is 17.2 Å². The van der Waals surface area contributed by atoms with E-state index in [0.29, 0.717) is 24.7 Å². The van der Waals surface area contributed by atoms with Gasteiger partial charge in [0.25, 0.3) is 0 Å². The number of nitro groups is 1. The predicted molar refractivity (Wildman–Crippen MR) is 45.8 cm³/mol. The molecule has 74 valence electrons. The molecule has 6 nitrogen and oxygen atoms in total. The molecule has 2 rings (SSSR count). The number of aromatic hydroxyl groups is 1. The van der Waals surface area contributed by atoms with Gasteiger partial charge in [-0.25, -0.2) is 0 Å². The van der Waals surface area contributed by atoms with E-state index in [1.54, 1.807) is 0 Å². The molecular formula is C8H7NO5. The zero-order valence-corrected chi connectivity index (χ0v) is 7.10. The molecule has 1 aromatic rings. The summed E-state index contributed by atoms with van der Waals surface area (Å²) in [7, 11) is 0. The van der Waals surface area contributed by atoms with Crippen LogP contribution in [0.1, 0.15) is 0 Å². The molecule has 1 aliphatic rings. The summed E-state index contributed by atoms with van der Waals surface area (Å²) in [4.78, 5) is 9.78. The first-order chi connectivity index (χ1) is 6.68. The molecular weight excluding hydrogens is 190 g/mol. The molecule has 0 saturated carbocycles. The maximum atomic E-state index is 10.5. The molecule has 1 aromatic carbocycles. The molecule has 0 amide bonds. The summed E-state index contributed by atoms with van der Waals surface area (Å²) in [6, 6.07) is 2.34.